The van der Waals surface area contributed by atoms with Crippen LogP contribution in [0.25, 0.3) is 22.3 Å². The van der Waals surface area contributed by atoms with Gasteiger partial charge < -0.3 is 90.0 Å². The number of ether oxygens (including phenoxy) is 6. The van der Waals surface area contributed by atoms with Crippen molar-refractivity contribution in [1.29, 1.82) is 0 Å². The van der Waals surface area contributed by atoms with Crippen LogP contribution in [0.5, 0.6) is 0 Å². The van der Waals surface area contributed by atoms with Crippen LogP contribution in [0.15, 0.2) is 29.1 Å². The zero-order chi connectivity index (χ0) is 67.8. The Labute approximate surface area is 525 Å². The minimum absolute atomic E-state index is 0.0172. The number of cyclic esters (lactones) is 1. The number of likely N-dealkylation sites (N-methyl/N-ethyl adjacent to an activating group) is 1. The molecule has 500 valence electrons. The van der Waals surface area contributed by atoms with Crippen molar-refractivity contribution < 1.29 is 106 Å². The van der Waals surface area contributed by atoms with E-state index in [2.05, 4.69) is 26.6 Å². The Morgan fingerprint density at radius 2 is 1.60 bits per heavy atom. The van der Waals surface area contributed by atoms with Crippen LogP contribution in [0, 0.1) is 24.1 Å². The lowest BCUT2D eigenvalue weighted by atomic mass is 9.81. The summed E-state index contributed by atoms with van der Waals surface area (Å²) in [6.45, 7) is 10.1. The van der Waals surface area contributed by atoms with Crippen molar-refractivity contribution in [1.82, 2.24) is 45.9 Å². The van der Waals surface area contributed by atoms with Crippen molar-refractivity contribution in [3.63, 3.8) is 0 Å². The Balaban J connectivity index is 0.931. The number of pyridine rings is 2. The van der Waals surface area contributed by atoms with Crippen LogP contribution < -0.4 is 32.1 Å². The third kappa shape index (κ3) is 14.4. The SMILES string of the molecule is CC[C@@]1(O)C(=O)OCc2c1cc1n(c2=O)Cc2c-1nc1cc(F)c(C)c3c1c2[C@@H](NC(=O)C(C)(C)COCNC(=O)[C@H](CO[C@@H]1O[C@H](C(=O)O)[C@@H](O)[C@H](O)[C@H]1O)NC(=O)[C@@H](NC(=O)CN(C)C(=O)OC[C@H](CNC(=O)OC(C)(C)C)N1C(=O)C=CC1=O)C(C)C)CC3. The molecule has 3 aromatic rings. The molecule has 0 bridgehead atoms. The molecule has 0 spiro atoms. The van der Waals surface area contributed by atoms with Crippen LogP contribution in [-0.2, 0) is 92.0 Å². The molecule has 10 N–H and O–H groups in total. The first kappa shape index (κ1) is 69.4. The molecule has 8 rings (SSSR count). The van der Waals surface area contributed by atoms with Gasteiger partial charge in [-0.2, -0.15) is 0 Å². The Hall–Kier alpha value is -8.53. The van der Waals surface area contributed by atoms with Gasteiger partial charge in [0.15, 0.2) is 18.0 Å². The maximum absolute atomic E-state index is 15.6. The number of aliphatic hydroxyl groups excluding tert-OH is 3. The lowest BCUT2D eigenvalue weighted by Crippen LogP contribution is -2.61. The minimum atomic E-state index is -2.11. The molecule has 92 heavy (non-hydrogen) atoms. The van der Waals surface area contributed by atoms with Crippen LogP contribution >= 0.6 is 0 Å². The molecule has 5 aliphatic rings. The molecule has 0 radical (unpaired) electrons. The standard InChI is InChI=1S/C60H76FN9O22/c1-11-60(86)32-16-37-44-30(19-69(37)51(79)31(32)22-89-55(60)83)42-34(13-12-29-27(4)33(61)17-35(64-44)41(29)42)66-54(82)59(8,9)24-87-25-63-49(77)36(23-88-53-47(76)45(74)46(75)48(91-53)52(80)81)65-50(78)43(26(2)3)67-38(71)20-68(10)57(85)90-21-28(70-39(72)14-15-40(70)73)18-62-56(84)92-58(5,6)7/h14-17,26,28,34,36,43,45-48,53,74-76,86H,11-13,18-25H2,1-10H3,(H,62,84)(H,63,77)(H,65,78)(H,66,82)(H,67,71)(H,80,81)/t28-,34-,36-,43-,45-,46-,47+,48-,53+,60-/m0/s1. The molecular formula is C60H76FN9O22. The molecule has 32 heteroatoms. The second kappa shape index (κ2) is 27.4. The van der Waals surface area contributed by atoms with E-state index in [0.29, 0.717) is 39.8 Å². The summed E-state index contributed by atoms with van der Waals surface area (Å²) in [4.78, 5) is 152. The summed E-state index contributed by atoms with van der Waals surface area (Å²) < 4.78 is 49.4. The van der Waals surface area contributed by atoms with Gasteiger partial charge in [-0.25, -0.2) is 28.6 Å². The summed E-state index contributed by atoms with van der Waals surface area (Å²) >= 11 is 0. The van der Waals surface area contributed by atoms with Gasteiger partial charge in [0, 0.05) is 48.3 Å². The average Bonchev–Trinajstić information content (AvgIpc) is 1.47. The Kier molecular flexibility index (Phi) is 20.6. The lowest BCUT2D eigenvalue weighted by Gasteiger charge is -2.38. The number of aryl methyl sites for hydroxylation is 1. The molecule has 0 unspecified atom stereocenters. The number of aliphatic hydroxyl groups is 4. The summed E-state index contributed by atoms with van der Waals surface area (Å²) in [5.74, 6) is -8.95. The van der Waals surface area contributed by atoms with Crippen LogP contribution in [0.3, 0.4) is 0 Å². The summed E-state index contributed by atoms with van der Waals surface area (Å²) in [5, 5.41) is 65.9. The number of nitrogens with zero attached hydrogens (tertiary/aromatic N) is 4. The number of hydrogen-bond acceptors (Lipinski definition) is 22. The summed E-state index contributed by atoms with van der Waals surface area (Å²) in [5.41, 5.74) is -1.71. The number of aliphatic carboxylic acids is 1. The van der Waals surface area contributed by atoms with E-state index < -0.39 is 181 Å². The number of fused-ring (bicyclic) bond motifs is 5. The zero-order valence-corrected chi connectivity index (χ0v) is 52.2. The molecule has 1 aliphatic carbocycles. The fraction of sp³-hybridized carbons (Fsp3) is 0.567. The Morgan fingerprint density at radius 1 is 0.913 bits per heavy atom. The number of nitrogens with one attached hydrogen (secondary N) is 5. The minimum Gasteiger partial charge on any atom is -0.479 e. The highest BCUT2D eigenvalue weighted by Crippen LogP contribution is 2.46. The number of carboxylic acids is 1. The van der Waals surface area contributed by atoms with Crippen LogP contribution in [0.4, 0.5) is 14.0 Å². The lowest BCUT2D eigenvalue weighted by molar-refractivity contribution is -0.294. The molecule has 2 aromatic heterocycles. The molecule has 10 atom stereocenters. The quantitative estimate of drug-likeness (QED) is 0.0142. The van der Waals surface area contributed by atoms with Crippen molar-refractivity contribution in [3.05, 3.63) is 73.8 Å². The second-order valence-corrected chi connectivity index (χ2v) is 25.1. The first-order valence-electron chi connectivity index (χ1n) is 29.6. The van der Waals surface area contributed by atoms with Gasteiger partial charge in [0.05, 0.1) is 59.7 Å². The van der Waals surface area contributed by atoms with Gasteiger partial charge >= 0.3 is 24.1 Å². The third-order valence-corrected chi connectivity index (χ3v) is 16.4. The highest BCUT2D eigenvalue weighted by Gasteiger charge is 2.49. The highest BCUT2D eigenvalue weighted by molar-refractivity contribution is 6.13. The second-order valence-electron chi connectivity index (χ2n) is 25.1. The largest absolute Gasteiger partial charge is 0.479 e. The fourth-order valence-corrected chi connectivity index (χ4v) is 11.3. The number of rotatable bonds is 23. The first-order valence-corrected chi connectivity index (χ1v) is 29.6. The van der Waals surface area contributed by atoms with Gasteiger partial charge in [-0.3, -0.25) is 38.5 Å². The number of halogens is 1. The van der Waals surface area contributed by atoms with Crippen molar-refractivity contribution >= 4 is 70.5 Å². The van der Waals surface area contributed by atoms with Crippen LogP contribution in [-0.4, -0.2) is 206 Å². The molecule has 1 saturated heterocycles. The highest BCUT2D eigenvalue weighted by atomic mass is 19.1. The monoisotopic (exact) mass is 1290 g/mol. The van der Waals surface area contributed by atoms with Gasteiger partial charge in [-0.05, 0) is 89.5 Å². The average molecular weight is 1290 g/mol. The van der Waals surface area contributed by atoms with E-state index in [1.54, 1.807) is 48.5 Å². The molecular weight excluding hydrogens is 1220 g/mol. The summed E-state index contributed by atoms with van der Waals surface area (Å²) in [6.07, 6.45) is -9.94. The van der Waals surface area contributed by atoms with E-state index in [1.807, 2.05) is 0 Å². The van der Waals surface area contributed by atoms with Gasteiger partial charge in [-0.1, -0.05) is 20.8 Å². The Bertz CT molecular complexity index is 3570. The van der Waals surface area contributed by atoms with Crippen LogP contribution in [0.2, 0.25) is 0 Å². The van der Waals surface area contributed by atoms with E-state index in [1.165, 1.54) is 30.5 Å². The van der Waals surface area contributed by atoms with Crippen molar-refractivity contribution in [3.8, 4) is 11.4 Å². The van der Waals surface area contributed by atoms with Crippen molar-refractivity contribution in [2.45, 2.75) is 161 Å². The van der Waals surface area contributed by atoms with E-state index in [4.69, 9.17) is 33.4 Å². The van der Waals surface area contributed by atoms with Gasteiger partial charge in [0.2, 0.25) is 23.6 Å². The number of alkyl carbamates (subject to hydrolysis) is 1. The number of carbonyl (C=O) groups is 10. The van der Waals surface area contributed by atoms with Crippen LogP contribution in [0.1, 0.15) is 108 Å². The molecule has 1 fully saturated rings. The van der Waals surface area contributed by atoms with Crippen molar-refractivity contribution in [2.75, 3.05) is 46.7 Å². The molecule has 31 nitrogen and oxygen atoms in total. The van der Waals surface area contributed by atoms with E-state index in [-0.39, 0.29) is 54.9 Å². The molecule has 1 aromatic carbocycles. The predicted octanol–water partition coefficient (Wildman–Crippen LogP) is -0.832. The number of carboxylic acid groups (broad SMARTS) is 1. The number of esters is 1. The van der Waals surface area contributed by atoms with Gasteiger partial charge in [0.25, 0.3) is 17.4 Å². The third-order valence-electron chi connectivity index (χ3n) is 16.4. The fourth-order valence-electron chi connectivity index (χ4n) is 11.3. The Morgan fingerprint density at radius 3 is 2.24 bits per heavy atom. The molecule has 8 amide bonds. The molecule has 0 saturated carbocycles. The molecule has 6 heterocycles. The van der Waals surface area contributed by atoms with E-state index in [0.717, 1.165) is 29.0 Å². The number of amides is 8. The first-order chi connectivity index (χ1) is 43.1. The molecule has 4 aliphatic heterocycles. The number of imide groups is 1. The number of carbonyl (C=O) groups excluding carboxylic acids is 9. The smallest absolute Gasteiger partial charge is 0.410 e. The maximum atomic E-state index is 15.6. The topological polar surface area (TPSA) is 429 Å². The van der Waals surface area contributed by atoms with E-state index in [9.17, 15) is 78.3 Å². The summed E-state index contributed by atoms with van der Waals surface area (Å²) in [6, 6.07) is -2.40. The van der Waals surface area contributed by atoms with E-state index >= 15 is 4.39 Å². The van der Waals surface area contributed by atoms with Gasteiger partial charge in [-0.15, -0.1) is 0 Å². The predicted molar refractivity (Wildman–Crippen MR) is 313 cm³/mol. The number of hydrogen-bond donors (Lipinski definition) is 10. The van der Waals surface area contributed by atoms with Crippen molar-refractivity contribution in [2.24, 2.45) is 11.3 Å². The maximum Gasteiger partial charge on any atom is 0.410 e. The zero-order valence-electron chi connectivity index (χ0n) is 52.2. The van der Waals surface area contributed by atoms with Gasteiger partial charge in [0.1, 0.15) is 68.3 Å². The number of benzene rings is 1. The summed E-state index contributed by atoms with van der Waals surface area (Å²) in [7, 11) is 1.16. The normalized spacial score (nSPS) is 22.5. The number of aromatic nitrogens is 2.